The van der Waals surface area contributed by atoms with E-state index in [1.54, 1.807) is 0 Å². The van der Waals surface area contributed by atoms with Crippen molar-refractivity contribution in [2.24, 2.45) is 0 Å². The minimum Gasteiger partial charge on any atom is -0.313 e. The van der Waals surface area contributed by atoms with Crippen LogP contribution in [-0.4, -0.2) is 26.0 Å². The first-order valence-corrected chi connectivity index (χ1v) is 6.44. The van der Waals surface area contributed by atoms with Gasteiger partial charge in [-0.15, -0.1) is 5.10 Å². The fourth-order valence-corrected chi connectivity index (χ4v) is 1.74. The van der Waals surface area contributed by atoms with Crippen molar-refractivity contribution < 1.29 is 9.72 Å². The van der Waals surface area contributed by atoms with E-state index in [1.807, 2.05) is 13.8 Å². The molecule has 2 rings (SSSR count). The van der Waals surface area contributed by atoms with Crippen LogP contribution in [0.1, 0.15) is 36.2 Å². The first-order chi connectivity index (χ1) is 9.88. The van der Waals surface area contributed by atoms with E-state index in [-0.39, 0.29) is 28.1 Å². The van der Waals surface area contributed by atoms with Gasteiger partial charge in [-0.3, -0.25) is 20.0 Å². The molecule has 110 valence electrons. The second-order valence-corrected chi connectivity index (χ2v) is 5.01. The highest BCUT2D eigenvalue weighted by Crippen LogP contribution is 2.27. The fourth-order valence-electron chi connectivity index (χ4n) is 1.57. The summed E-state index contributed by atoms with van der Waals surface area (Å²) in [6, 6.07) is 3.96. The van der Waals surface area contributed by atoms with Crippen LogP contribution in [0.4, 0.5) is 11.4 Å². The summed E-state index contributed by atoms with van der Waals surface area (Å²) in [5.41, 5.74) is -0.263. The number of hydrogen-bond acceptors (Lipinski definition) is 5. The summed E-state index contributed by atoms with van der Waals surface area (Å²) in [6.45, 7) is 3.79. The van der Waals surface area contributed by atoms with Gasteiger partial charge < -0.3 is 5.32 Å². The van der Waals surface area contributed by atoms with Gasteiger partial charge in [0.1, 0.15) is 11.5 Å². The molecule has 0 aliphatic rings. The third-order valence-corrected chi connectivity index (χ3v) is 2.89. The van der Waals surface area contributed by atoms with Crippen LogP contribution in [-0.2, 0) is 0 Å². The zero-order chi connectivity index (χ0) is 15.6. The van der Waals surface area contributed by atoms with Gasteiger partial charge >= 0.3 is 0 Å². The van der Waals surface area contributed by atoms with E-state index in [9.17, 15) is 14.9 Å². The summed E-state index contributed by atoms with van der Waals surface area (Å²) in [5.74, 6) is -0.0683. The summed E-state index contributed by atoms with van der Waals surface area (Å²) in [6.07, 6.45) is 0. The predicted octanol–water partition coefficient (Wildman–Crippen LogP) is 2.74. The first kappa shape index (κ1) is 14.9. The van der Waals surface area contributed by atoms with Crippen molar-refractivity contribution in [1.29, 1.82) is 0 Å². The molecule has 0 atom stereocenters. The SMILES string of the molecule is CC(C)c1nc(C(=O)Nc2ccc(Cl)cc2[N+](=O)[O-])n[nH]1. The number of halogens is 1. The third-order valence-electron chi connectivity index (χ3n) is 2.66. The zero-order valence-corrected chi connectivity index (χ0v) is 12.0. The minimum atomic E-state index is -0.636. The molecule has 0 aliphatic carbocycles. The number of anilines is 1. The number of rotatable bonds is 4. The largest absolute Gasteiger partial charge is 0.313 e. The topological polar surface area (TPSA) is 114 Å². The Kier molecular flexibility index (Phi) is 4.18. The van der Waals surface area contributed by atoms with Crippen LogP contribution in [0, 0.1) is 10.1 Å². The van der Waals surface area contributed by atoms with Crippen LogP contribution in [0.2, 0.25) is 5.02 Å². The van der Waals surface area contributed by atoms with Crippen molar-refractivity contribution in [3.05, 3.63) is 45.0 Å². The van der Waals surface area contributed by atoms with Crippen molar-refractivity contribution in [2.75, 3.05) is 5.32 Å². The number of hydrogen-bond donors (Lipinski definition) is 2. The Bertz CT molecular complexity index is 698. The van der Waals surface area contributed by atoms with E-state index >= 15 is 0 Å². The van der Waals surface area contributed by atoms with Crippen LogP contribution >= 0.6 is 11.6 Å². The summed E-state index contributed by atoms with van der Waals surface area (Å²) < 4.78 is 0. The molecule has 0 spiro atoms. The summed E-state index contributed by atoms with van der Waals surface area (Å²) in [4.78, 5) is 26.3. The Labute approximate surface area is 124 Å². The van der Waals surface area contributed by atoms with Crippen molar-refractivity contribution in [2.45, 2.75) is 19.8 Å². The van der Waals surface area contributed by atoms with E-state index in [4.69, 9.17) is 11.6 Å². The number of nitrogens with zero attached hydrogens (tertiary/aromatic N) is 3. The van der Waals surface area contributed by atoms with Gasteiger partial charge in [0.25, 0.3) is 11.6 Å². The Hall–Kier alpha value is -2.48. The molecule has 0 aliphatic heterocycles. The third kappa shape index (κ3) is 3.34. The lowest BCUT2D eigenvalue weighted by Crippen LogP contribution is -2.15. The van der Waals surface area contributed by atoms with E-state index in [1.165, 1.54) is 12.1 Å². The maximum Gasteiger partial charge on any atom is 0.295 e. The second-order valence-electron chi connectivity index (χ2n) is 4.57. The molecule has 2 N–H and O–H groups in total. The van der Waals surface area contributed by atoms with Crippen molar-refractivity contribution >= 4 is 28.9 Å². The number of nitro benzene ring substituents is 1. The highest BCUT2D eigenvalue weighted by Gasteiger charge is 2.20. The molecule has 0 bridgehead atoms. The quantitative estimate of drug-likeness (QED) is 0.665. The average molecular weight is 310 g/mol. The number of aromatic nitrogens is 3. The first-order valence-electron chi connectivity index (χ1n) is 6.06. The molecule has 1 heterocycles. The molecule has 0 saturated heterocycles. The maximum atomic E-state index is 12.0. The normalized spacial score (nSPS) is 10.7. The molecule has 21 heavy (non-hydrogen) atoms. The van der Waals surface area contributed by atoms with Gasteiger partial charge in [0.2, 0.25) is 5.82 Å². The molecule has 9 heteroatoms. The van der Waals surface area contributed by atoms with Crippen molar-refractivity contribution in [3.8, 4) is 0 Å². The predicted molar refractivity (Wildman–Crippen MR) is 76.5 cm³/mol. The highest BCUT2D eigenvalue weighted by atomic mass is 35.5. The number of carbonyl (C=O) groups excluding carboxylic acids is 1. The lowest BCUT2D eigenvalue weighted by molar-refractivity contribution is -0.383. The number of amides is 1. The number of nitrogens with one attached hydrogen (secondary N) is 2. The van der Waals surface area contributed by atoms with Gasteiger partial charge in [0, 0.05) is 17.0 Å². The summed E-state index contributed by atoms with van der Waals surface area (Å²) >= 11 is 5.71. The second kappa shape index (κ2) is 5.88. The smallest absolute Gasteiger partial charge is 0.295 e. The molecule has 0 fully saturated rings. The monoisotopic (exact) mass is 309 g/mol. The van der Waals surface area contributed by atoms with Gasteiger partial charge in [0.15, 0.2) is 0 Å². The van der Waals surface area contributed by atoms with Crippen LogP contribution in [0.3, 0.4) is 0 Å². The average Bonchev–Trinajstić information content (AvgIpc) is 2.90. The number of aromatic amines is 1. The van der Waals surface area contributed by atoms with Crippen molar-refractivity contribution in [1.82, 2.24) is 15.2 Å². The van der Waals surface area contributed by atoms with E-state index in [2.05, 4.69) is 20.5 Å². The molecule has 8 nitrogen and oxygen atoms in total. The Morgan fingerprint density at radius 3 is 2.76 bits per heavy atom. The molecular weight excluding hydrogens is 298 g/mol. The molecule has 0 saturated carbocycles. The zero-order valence-electron chi connectivity index (χ0n) is 11.3. The molecular formula is C12H12ClN5O3. The van der Waals surface area contributed by atoms with Gasteiger partial charge in [0.05, 0.1) is 4.92 Å². The van der Waals surface area contributed by atoms with Gasteiger partial charge in [-0.2, -0.15) is 0 Å². The molecule has 1 aromatic carbocycles. The van der Waals surface area contributed by atoms with Crippen molar-refractivity contribution in [3.63, 3.8) is 0 Å². The van der Waals surface area contributed by atoms with Crippen LogP contribution in [0.15, 0.2) is 18.2 Å². The fraction of sp³-hybridized carbons (Fsp3) is 0.250. The lowest BCUT2D eigenvalue weighted by Gasteiger charge is -2.04. The Morgan fingerprint density at radius 1 is 1.48 bits per heavy atom. The van der Waals surface area contributed by atoms with E-state index in [0.29, 0.717) is 5.82 Å². The number of benzene rings is 1. The Morgan fingerprint density at radius 2 is 2.19 bits per heavy atom. The highest BCUT2D eigenvalue weighted by molar-refractivity contribution is 6.31. The minimum absolute atomic E-state index is 0.0327. The molecule has 0 radical (unpaired) electrons. The Balaban J connectivity index is 2.25. The summed E-state index contributed by atoms with van der Waals surface area (Å²) in [5, 5.41) is 20.0. The molecule has 1 amide bonds. The number of nitro groups is 1. The lowest BCUT2D eigenvalue weighted by atomic mass is 10.2. The van der Waals surface area contributed by atoms with Gasteiger partial charge in [-0.25, -0.2) is 4.98 Å². The van der Waals surface area contributed by atoms with Crippen LogP contribution in [0.25, 0.3) is 0 Å². The summed E-state index contributed by atoms with van der Waals surface area (Å²) in [7, 11) is 0. The number of H-pyrrole nitrogens is 1. The van der Waals surface area contributed by atoms with Gasteiger partial charge in [-0.1, -0.05) is 25.4 Å². The van der Waals surface area contributed by atoms with Crippen LogP contribution < -0.4 is 5.32 Å². The number of carbonyl (C=O) groups is 1. The standard InChI is InChI=1S/C12H12ClN5O3/c1-6(2)10-15-11(17-16-10)12(19)14-8-4-3-7(13)5-9(8)18(20)21/h3-6H,1-2H3,(H,14,19)(H,15,16,17). The molecule has 2 aromatic rings. The van der Waals surface area contributed by atoms with E-state index in [0.717, 1.165) is 6.07 Å². The molecule has 0 unspecified atom stereocenters. The van der Waals surface area contributed by atoms with Crippen LogP contribution in [0.5, 0.6) is 0 Å². The van der Waals surface area contributed by atoms with Gasteiger partial charge in [-0.05, 0) is 12.1 Å². The van der Waals surface area contributed by atoms with E-state index < -0.39 is 10.8 Å². The maximum absolute atomic E-state index is 12.0. The molecule has 1 aromatic heterocycles.